The lowest BCUT2D eigenvalue weighted by Gasteiger charge is -2.15. The average molecular weight is 253 g/mol. The molecule has 0 saturated carbocycles. The van der Waals surface area contributed by atoms with Crippen LogP contribution in [0.4, 0.5) is 0 Å². The predicted octanol–water partition coefficient (Wildman–Crippen LogP) is 1.85. The lowest BCUT2D eigenvalue weighted by molar-refractivity contribution is -0.121. The van der Waals surface area contributed by atoms with E-state index in [4.69, 9.17) is 10.2 Å². The predicted molar refractivity (Wildman–Crippen MR) is 72.5 cm³/mol. The van der Waals surface area contributed by atoms with Crippen LogP contribution in [-0.2, 0) is 11.2 Å². The molecule has 0 aliphatic carbocycles. The Kier molecular flexibility index (Phi) is 8.66. The highest BCUT2D eigenvalue weighted by molar-refractivity contribution is 5.75. The van der Waals surface area contributed by atoms with Gasteiger partial charge in [-0.1, -0.05) is 32.9 Å². The van der Waals surface area contributed by atoms with Crippen molar-refractivity contribution in [3.8, 4) is 5.75 Å². The van der Waals surface area contributed by atoms with Crippen LogP contribution in [0.3, 0.4) is 0 Å². The van der Waals surface area contributed by atoms with E-state index in [-0.39, 0.29) is 24.3 Å². The molecule has 102 valence electrons. The third-order valence-corrected chi connectivity index (χ3v) is 2.33. The third-order valence-electron chi connectivity index (χ3n) is 2.33. The lowest BCUT2D eigenvalue weighted by atomic mass is 10.1. The molecule has 1 amide bonds. The average Bonchev–Trinajstić information content (AvgIpc) is 2.42. The molecule has 0 bridgehead atoms. The summed E-state index contributed by atoms with van der Waals surface area (Å²) in [5.74, 6) is 0.139. The summed E-state index contributed by atoms with van der Waals surface area (Å²) in [5.41, 5.74) is 0.966. The summed E-state index contributed by atoms with van der Waals surface area (Å²) in [6, 6.07) is 6.46. The van der Waals surface area contributed by atoms with Gasteiger partial charge >= 0.3 is 0 Å². The number of aliphatic hydroxyl groups excluding tert-OH is 1. The number of aromatic hydroxyl groups is 1. The van der Waals surface area contributed by atoms with Crippen LogP contribution in [0.15, 0.2) is 24.3 Å². The van der Waals surface area contributed by atoms with Gasteiger partial charge in [0.2, 0.25) is 5.91 Å². The zero-order valence-electron chi connectivity index (χ0n) is 11.3. The monoisotopic (exact) mass is 253 g/mol. The number of hydrogen-bond acceptors (Lipinski definition) is 3. The lowest BCUT2D eigenvalue weighted by Crippen LogP contribution is -2.38. The molecule has 1 rings (SSSR count). The van der Waals surface area contributed by atoms with Gasteiger partial charge in [0.05, 0.1) is 12.6 Å². The first kappa shape index (κ1) is 16.4. The number of phenols is 1. The molecule has 1 aromatic carbocycles. The number of amides is 1. The molecule has 1 unspecified atom stereocenters. The van der Waals surface area contributed by atoms with Crippen molar-refractivity contribution in [1.29, 1.82) is 0 Å². The van der Waals surface area contributed by atoms with Crippen LogP contribution in [0.1, 0.15) is 32.8 Å². The van der Waals surface area contributed by atoms with Crippen molar-refractivity contribution < 1.29 is 15.0 Å². The van der Waals surface area contributed by atoms with Gasteiger partial charge in [0.15, 0.2) is 0 Å². The Balaban J connectivity index is 0.00000137. The quantitative estimate of drug-likeness (QED) is 0.750. The highest BCUT2D eigenvalue weighted by Gasteiger charge is 2.10. The molecule has 0 aromatic heterocycles. The molecule has 0 heterocycles. The van der Waals surface area contributed by atoms with Gasteiger partial charge in [-0.2, -0.15) is 0 Å². The fourth-order valence-electron chi connectivity index (χ4n) is 1.41. The van der Waals surface area contributed by atoms with Crippen LogP contribution in [0, 0.1) is 0 Å². The molecule has 0 aliphatic heterocycles. The zero-order chi connectivity index (χ0) is 14.0. The van der Waals surface area contributed by atoms with Crippen LogP contribution in [0.5, 0.6) is 5.75 Å². The summed E-state index contributed by atoms with van der Waals surface area (Å²) in [7, 11) is 0. The SMILES string of the molecule is CC.CCC(=O)NC(CO)Cc1ccc(O)cc1. The molecular weight excluding hydrogens is 230 g/mol. The molecule has 0 saturated heterocycles. The van der Waals surface area contributed by atoms with Gasteiger partial charge in [0, 0.05) is 6.42 Å². The maximum atomic E-state index is 11.2. The van der Waals surface area contributed by atoms with Gasteiger partial charge in [-0.25, -0.2) is 0 Å². The first-order valence-corrected chi connectivity index (χ1v) is 6.33. The van der Waals surface area contributed by atoms with Gasteiger partial charge in [0.1, 0.15) is 5.75 Å². The minimum absolute atomic E-state index is 0.0715. The van der Waals surface area contributed by atoms with E-state index in [0.29, 0.717) is 12.8 Å². The number of carbonyl (C=O) groups excluding carboxylic acids is 1. The Labute approximate surface area is 109 Å². The van der Waals surface area contributed by atoms with Gasteiger partial charge in [-0.15, -0.1) is 0 Å². The minimum Gasteiger partial charge on any atom is -0.508 e. The van der Waals surface area contributed by atoms with E-state index in [0.717, 1.165) is 5.56 Å². The highest BCUT2D eigenvalue weighted by Crippen LogP contribution is 2.11. The summed E-state index contributed by atoms with van der Waals surface area (Å²) in [4.78, 5) is 11.2. The molecule has 1 atom stereocenters. The van der Waals surface area contributed by atoms with Crippen LogP contribution < -0.4 is 5.32 Å². The normalized spacial score (nSPS) is 11.1. The van der Waals surface area contributed by atoms with Crippen molar-refractivity contribution in [2.24, 2.45) is 0 Å². The number of phenolic OH excluding ortho intramolecular Hbond substituents is 1. The molecule has 4 heteroatoms. The fraction of sp³-hybridized carbons (Fsp3) is 0.500. The molecule has 0 radical (unpaired) electrons. The second kappa shape index (κ2) is 9.48. The van der Waals surface area contributed by atoms with Crippen molar-refractivity contribution in [2.75, 3.05) is 6.61 Å². The molecule has 0 aliphatic rings. The maximum Gasteiger partial charge on any atom is 0.220 e. The minimum atomic E-state index is -0.267. The van der Waals surface area contributed by atoms with Crippen molar-refractivity contribution in [3.05, 3.63) is 29.8 Å². The third kappa shape index (κ3) is 6.25. The van der Waals surface area contributed by atoms with Crippen LogP contribution >= 0.6 is 0 Å². The van der Waals surface area contributed by atoms with Gasteiger partial charge in [-0.3, -0.25) is 4.79 Å². The van der Waals surface area contributed by atoms with Crippen molar-refractivity contribution in [1.82, 2.24) is 5.32 Å². The Bertz CT molecular complexity index is 335. The van der Waals surface area contributed by atoms with E-state index >= 15 is 0 Å². The van der Waals surface area contributed by atoms with Gasteiger partial charge in [0.25, 0.3) is 0 Å². The number of aliphatic hydroxyl groups is 1. The number of rotatable bonds is 5. The molecule has 3 N–H and O–H groups in total. The highest BCUT2D eigenvalue weighted by atomic mass is 16.3. The van der Waals surface area contributed by atoms with Crippen LogP contribution in [-0.4, -0.2) is 28.8 Å². The number of hydrogen-bond donors (Lipinski definition) is 3. The smallest absolute Gasteiger partial charge is 0.220 e. The van der Waals surface area contributed by atoms with Crippen LogP contribution in [0.25, 0.3) is 0 Å². The molecule has 0 spiro atoms. The zero-order valence-corrected chi connectivity index (χ0v) is 11.3. The first-order valence-electron chi connectivity index (χ1n) is 6.33. The molecule has 4 nitrogen and oxygen atoms in total. The Hall–Kier alpha value is -1.55. The number of nitrogens with one attached hydrogen (secondary N) is 1. The van der Waals surface area contributed by atoms with E-state index in [2.05, 4.69) is 5.32 Å². The van der Waals surface area contributed by atoms with Crippen LogP contribution in [0.2, 0.25) is 0 Å². The van der Waals surface area contributed by atoms with Crippen molar-refractivity contribution in [3.63, 3.8) is 0 Å². The van der Waals surface area contributed by atoms with E-state index in [1.807, 2.05) is 13.8 Å². The Morgan fingerprint density at radius 1 is 1.28 bits per heavy atom. The number of carbonyl (C=O) groups is 1. The molecule has 1 aromatic rings. The second-order valence-electron chi connectivity index (χ2n) is 3.67. The topological polar surface area (TPSA) is 69.6 Å². The van der Waals surface area contributed by atoms with Crippen molar-refractivity contribution in [2.45, 2.75) is 39.7 Å². The van der Waals surface area contributed by atoms with Crippen molar-refractivity contribution >= 4 is 5.91 Å². The second-order valence-corrected chi connectivity index (χ2v) is 3.67. The Morgan fingerprint density at radius 3 is 2.28 bits per heavy atom. The Morgan fingerprint density at radius 2 is 1.83 bits per heavy atom. The summed E-state index contributed by atoms with van der Waals surface area (Å²) in [5, 5.41) is 21.0. The number of benzene rings is 1. The van der Waals surface area contributed by atoms with E-state index < -0.39 is 0 Å². The summed E-state index contributed by atoms with van der Waals surface area (Å²) < 4.78 is 0. The standard InChI is InChI=1S/C12H17NO3.C2H6/c1-2-12(16)13-10(8-14)7-9-3-5-11(15)6-4-9;1-2/h3-6,10,14-15H,2,7-8H2,1H3,(H,13,16);1-2H3. The van der Waals surface area contributed by atoms with Gasteiger partial charge < -0.3 is 15.5 Å². The largest absolute Gasteiger partial charge is 0.508 e. The fourth-order valence-corrected chi connectivity index (χ4v) is 1.41. The summed E-state index contributed by atoms with van der Waals surface area (Å²) in [6.45, 7) is 5.68. The molecular formula is C14H23NO3. The summed E-state index contributed by atoms with van der Waals surface area (Å²) >= 11 is 0. The van der Waals surface area contributed by atoms with E-state index in [1.54, 1.807) is 31.2 Å². The molecule has 18 heavy (non-hydrogen) atoms. The van der Waals surface area contributed by atoms with E-state index in [9.17, 15) is 4.79 Å². The maximum absolute atomic E-state index is 11.2. The summed E-state index contributed by atoms with van der Waals surface area (Å²) in [6.07, 6.45) is 0.967. The van der Waals surface area contributed by atoms with Gasteiger partial charge in [-0.05, 0) is 24.1 Å². The molecule has 0 fully saturated rings. The first-order chi connectivity index (χ1) is 8.65. The van der Waals surface area contributed by atoms with E-state index in [1.165, 1.54) is 0 Å².